The molecule has 1 aliphatic carbocycles. The smallest absolute Gasteiger partial charge is 0.229 e. The Kier molecular flexibility index (Phi) is 5.16. The Bertz CT molecular complexity index is 399. The van der Waals surface area contributed by atoms with Gasteiger partial charge in [-0.1, -0.05) is 19.0 Å². The molecule has 0 bridgehead atoms. The Balaban J connectivity index is 2.09. The largest absolute Gasteiger partial charge is 0.370 e. The van der Waals surface area contributed by atoms with Crippen LogP contribution in [0.25, 0.3) is 0 Å². The van der Waals surface area contributed by atoms with Gasteiger partial charge in [0.05, 0.1) is 0 Å². The molecule has 0 aliphatic heterocycles. The van der Waals surface area contributed by atoms with E-state index < -0.39 is 5.60 Å². The van der Waals surface area contributed by atoms with E-state index in [9.17, 15) is 0 Å². The first kappa shape index (κ1) is 15.4. The van der Waals surface area contributed by atoms with E-state index in [-0.39, 0.29) is 0 Å². The van der Waals surface area contributed by atoms with Crippen LogP contribution in [0.2, 0.25) is 0 Å². The van der Waals surface area contributed by atoms with E-state index in [4.69, 9.17) is 15.0 Å². The summed E-state index contributed by atoms with van der Waals surface area (Å²) in [6.45, 7) is 4.98. The van der Waals surface area contributed by atoms with Crippen molar-refractivity contribution in [1.29, 1.82) is 0 Å². The molecule has 0 saturated heterocycles. The first-order valence-corrected chi connectivity index (χ1v) is 7.78. The summed E-state index contributed by atoms with van der Waals surface area (Å²) in [6.07, 6.45) is 6.22. The van der Waals surface area contributed by atoms with Gasteiger partial charge in [-0.05, 0) is 51.0 Å². The van der Waals surface area contributed by atoms with Crippen molar-refractivity contribution < 1.29 is 9.26 Å². The van der Waals surface area contributed by atoms with E-state index in [0.717, 1.165) is 51.0 Å². The molecule has 1 saturated carbocycles. The number of hydrogen-bond donors (Lipinski definition) is 1. The van der Waals surface area contributed by atoms with Crippen molar-refractivity contribution in [2.24, 2.45) is 11.7 Å². The lowest BCUT2D eigenvalue weighted by Gasteiger charge is -2.26. The van der Waals surface area contributed by atoms with Crippen LogP contribution in [0, 0.1) is 5.92 Å². The quantitative estimate of drug-likeness (QED) is 0.867. The summed E-state index contributed by atoms with van der Waals surface area (Å²) in [5, 5.41) is 4.18. The molecule has 0 spiro atoms. The van der Waals surface area contributed by atoms with Crippen molar-refractivity contribution >= 4 is 0 Å². The van der Waals surface area contributed by atoms with Crippen LogP contribution in [-0.2, 0) is 10.3 Å². The normalized spacial score (nSPS) is 24.0. The predicted octanol–water partition coefficient (Wildman–Crippen LogP) is 2.96. The van der Waals surface area contributed by atoms with Gasteiger partial charge in [0, 0.05) is 13.0 Å². The van der Waals surface area contributed by atoms with E-state index in [1.54, 1.807) is 7.11 Å². The molecule has 2 N–H and O–H groups in total. The lowest BCUT2D eigenvalue weighted by Crippen LogP contribution is -2.28. The van der Waals surface area contributed by atoms with Crippen LogP contribution in [-0.4, -0.2) is 23.8 Å². The zero-order chi connectivity index (χ0) is 14.6. The fourth-order valence-electron chi connectivity index (χ4n) is 3.18. The van der Waals surface area contributed by atoms with Crippen LogP contribution in [0.1, 0.15) is 70.0 Å². The first-order valence-electron chi connectivity index (χ1n) is 7.78. The average Bonchev–Trinajstić information content (AvgIpc) is 3.00. The highest BCUT2D eigenvalue weighted by atomic mass is 16.5. The monoisotopic (exact) mass is 281 g/mol. The van der Waals surface area contributed by atoms with Gasteiger partial charge in [-0.25, -0.2) is 0 Å². The van der Waals surface area contributed by atoms with Crippen LogP contribution in [0.15, 0.2) is 4.52 Å². The maximum absolute atomic E-state index is 5.73. The third kappa shape index (κ3) is 2.88. The number of ether oxygens (including phenoxy) is 1. The van der Waals surface area contributed by atoms with Gasteiger partial charge in [0.2, 0.25) is 11.7 Å². The second kappa shape index (κ2) is 6.68. The van der Waals surface area contributed by atoms with Gasteiger partial charge < -0.3 is 15.0 Å². The number of methoxy groups -OCH3 is 1. The fourth-order valence-corrected chi connectivity index (χ4v) is 3.18. The van der Waals surface area contributed by atoms with Crippen molar-refractivity contribution in [2.45, 2.75) is 63.9 Å². The number of nitrogens with two attached hydrogens (primary N) is 1. The minimum Gasteiger partial charge on any atom is -0.370 e. The van der Waals surface area contributed by atoms with Gasteiger partial charge in [0.15, 0.2) is 0 Å². The molecule has 114 valence electrons. The Labute approximate surface area is 121 Å². The summed E-state index contributed by atoms with van der Waals surface area (Å²) < 4.78 is 11.2. The molecule has 1 heterocycles. The average molecular weight is 281 g/mol. The molecule has 0 amide bonds. The molecule has 0 unspecified atom stereocenters. The molecular formula is C15H27N3O2. The van der Waals surface area contributed by atoms with Crippen molar-refractivity contribution in [2.75, 3.05) is 13.7 Å². The van der Waals surface area contributed by atoms with Crippen molar-refractivity contribution in [3.8, 4) is 0 Å². The third-order valence-corrected chi connectivity index (χ3v) is 4.91. The SMILES string of the molecule is CCC(CC)(OC)c1noc(C2CCC(CN)CC2)n1. The van der Waals surface area contributed by atoms with Crippen LogP contribution in [0.5, 0.6) is 0 Å². The van der Waals surface area contributed by atoms with Gasteiger partial charge in [-0.3, -0.25) is 0 Å². The van der Waals surface area contributed by atoms with Crippen molar-refractivity contribution in [1.82, 2.24) is 10.1 Å². The maximum atomic E-state index is 5.73. The molecular weight excluding hydrogens is 254 g/mol. The Morgan fingerprint density at radius 1 is 1.25 bits per heavy atom. The van der Waals surface area contributed by atoms with Crippen LogP contribution in [0.4, 0.5) is 0 Å². The Morgan fingerprint density at radius 2 is 1.90 bits per heavy atom. The molecule has 1 fully saturated rings. The molecule has 0 atom stereocenters. The summed E-state index contributed by atoms with van der Waals surface area (Å²) in [6, 6.07) is 0. The molecule has 20 heavy (non-hydrogen) atoms. The van der Waals surface area contributed by atoms with E-state index in [1.807, 2.05) is 0 Å². The molecule has 1 aromatic rings. The van der Waals surface area contributed by atoms with Crippen molar-refractivity contribution in [3.63, 3.8) is 0 Å². The topological polar surface area (TPSA) is 74.2 Å². The summed E-state index contributed by atoms with van der Waals surface area (Å²) in [5.41, 5.74) is 5.33. The van der Waals surface area contributed by atoms with Gasteiger partial charge in [-0.2, -0.15) is 4.98 Å². The highest BCUT2D eigenvalue weighted by Gasteiger charge is 2.35. The summed E-state index contributed by atoms with van der Waals surface area (Å²) in [7, 11) is 1.72. The van der Waals surface area contributed by atoms with E-state index >= 15 is 0 Å². The highest BCUT2D eigenvalue weighted by molar-refractivity contribution is 5.04. The Hall–Kier alpha value is -0.940. The first-order chi connectivity index (χ1) is 9.69. The number of aromatic nitrogens is 2. The molecule has 5 heteroatoms. The van der Waals surface area contributed by atoms with Crippen LogP contribution >= 0.6 is 0 Å². The second-order valence-electron chi connectivity index (χ2n) is 5.82. The van der Waals surface area contributed by atoms with E-state index in [0.29, 0.717) is 17.7 Å². The van der Waals surface area contributed by atoms with E-state index in [2.05, 4.69) is 24.0 Å². The molecule has 2 rings (SSSR count). The Morgan fingerprint density at radius 3 is 2.40 bits per heavy atom. The summed E-state index contributed by atoms with van der Waals surface area (Å²) in [4.78, 5) is 4.64. The molecule has 0 radical (unpaired) electrons. The minimum atomic E-state index is -0.407. The summed E-state index contributed by atoms with van der Waals surface area (Å²) >= 11 is 0. The predicted molar refractivity (Wildman–Crippen MR) is 77.3 cm³/mol. The van der Waals surface area contributed by atoms with E-state index in [1.165, 1.54) is 0 Å². The zero-order valence-corrected chi connectivity index (χ0v) is 12.9. The zero-order valence-electron chi connectivity index (χ0n) is 12.9. The standard InChI is InChI=1S/C15H27N3O2/c1-4-15(5-2,19-3)14-17-13(20-18-14)12-8-6-11(10-16)7-9-12/h11-12H,4-10,16H2,1-3H3. The lowest BCUT2D eigenvalue weighted by molar-refractivity contribution is -0.0306. The maximum Gasteiger partial charge on any atom is 0.229 e. The number of rotatable bonds is 6. The molecule has 5 nitrogen and oxygen atoms in total. The number of nitrogens with zero attached hydrogens (tertiary/aromatic N) is 2. The number of hydrogen-bond acceptors (Lipinski definition) is 5. The highest BCUT2D eigenvalue weighted by Crippen LogP contribution is 2.36. The summed E-state index contributed by atoms with van der Waals surface area (Å²) in [5.74, 6) is 2.53. The minimum absolute atomic E-state index is 0.391. The molecule has 1 aromatic heterocycles. The lowest BCUT2D eigenvalue weighted by atomic mass is 9.82. The van der Waals surface area contributed by atoms with Gasteiger partial charge in [0.25, 0.3) is 0 Å². The molecule has 1 aliphatic rings. The van der Waals surface area contributed by atoms with Crippen molar-refractivity contribution in [3.05, 3.63) is 11.7 Å². The van der Waals surface area contributed by atoms with Gasteiger partial charge in [-0.15, -0.1) is 0 Å². The fraction of sp³-hybridized carbons (Fsp3) is 0.867. The van der Waals surface area contributed by atoms with Gasteiger partial charge in [0.1, 0.15) is 5.60 Å². The molecule has 0 aromatic carbocycles. The van der Waals surface area contributed by atoms with Gasteiger partial charge >= 0.3 is 0 Å². The second-order valence-corrected chi connectivity index (χ2v) is 5.82. The third-order valence-electron chi connectivity index (χ3n) is 4.91. The van der Waals surface area contributed by atoms with Crippen LogP contribution < -0.4 is 5.73 Å². The van der Waals surface area contributed by atoms with Crippen LogP contribution in [0.3, 0.4) is 0 Å².